The summed E-state index contributed by atoms with van der Waals surface area (Å²) in [7, 11) is 0. The summed E-state index contributed by atoms with van der Waals surface area (Å²) in [5, 5.41) is 16.0. The summed E-state index contributed by atoms with van der Waals surface area (Å²) in [4.78, 5) is 22.9. The van der Waals surface area contributed by atoms with E-state index in [1.165, 1.54) is 4.68 Å². The van der Waals surface area contributed by atoms with E-state index in [4.69, 9.17) is 5.11 Å². The molecule has 6 heteroatoms. The Morgan fingerprint density at radius 3 is 2.32 bits per heavy atom. The molecule has 1 aromatic heterocycles. The van der Waals surface area contributed by atoms with Gasteiger partial charge in [-0.2, -0.15) is 5.10 Å². The Hall–Kier alpha value is -1.85. The van der Waals surface area contributed by atoms with Gasteiger partial charge in [0, 0.05) is 6.04 Å². The lowest BCUT2D eigenvalue weighted by Gasteiger charge is -2.17. The van der Waals surface area contributed by atoms with Crippen molar-refractivity contribution in [3.05, 3.63) is 17.0 Å². The molecule has 0 radical (unpaired) electrons. The fourth-order valence-electron chi connectivity index (χ4n) is 1.76. The van der Waals surface area contributed by atoms with Crippen molar-refractivity contribution >= 4 is 11.9 Å². The Kier molecular flexibility index (Phi) is 4.69. The molecular formula is C13H21N3O3. The molecule has 0 aliphatic heterocycles. The number of nitrogens with zero attached hydrogens (tertiary/aromatic N) is 2. The number of carboxylic acids is 1. The summed E-state index contributed by atoms with van der Waals surface area (Å²) in [6.07, 6.45) is 0. The van der Waals surface area contributed by atoms with Gasteiger partial charge >= 0.3 is 5.97 Å². The quantitative estimate of drug-likeness (QED) is 0.843. The molecule has 0 bridgehead atoms. The summed E-state index contributed by atoms with van der Waals surface area (Å²) < 4.78 is 1.43. The first-order valence-corrected chi connectivity index (χ1v) is 6.30. The molecule has 1 heterocycles. The van der Waals surface area contributed by atoms with Crippen molar-refractivity contribution < 1.29 is 14.7 Å². The highest BCUT2D eigenvalue weighted by molar-refractivity contribution is 5.90. The van der Waals surface area contributed by atoms with Crippen LogP contribution in [0.2, 0.25) is 0 Å². The highest BCUT2D eigenvalue weighted by Gasteiger charge is 2.19. The molecular weight excluding hydrogens is 246 g/mol. The van der Waals surface area contributed by atoms with Gasteiger partial charge in [-0.05, 0) is 26.7 Å². The smallest absolute Gasteiger partial charge is 0.339 e. The predicted molar refractivity (Wildman–Crippen MR) is 71.1 cm³/mol. The lowest BCUT2D eigenvalue weighted by Crippen LogP contribution is -2.38. The molecule has 0 aliphatic carbocycles. The van der Waals surface area contributed by atoms with Gasteiger partial charge in [-0.25, -0.2) is 4.79 Å². The largest absolute Gasteiger partial charge is 0.478 e. The number of carbonyl (C=O) groups excluding carboxylic acids is 1. The normalized spacial score (nSPS) is 12.5. The van der Waals surface area contributed by atoms with E-state index in [1.54, 1.807) is 13.8 Å². The van der Waals surface area contributed by atoms with E-state index < -0.39 is 5.97 Å². The van der Waals surface area contributed by atoms with Crippen LogP contribution in [-0.2, 0) is 11.3 Å². The Balaban J connectivity index is 2.81. The van der Waals surface area contributed by atoms with Gasteiger partial charge in [0.1, 0.15) is 12.1 Å². The van der Waals surface area contributed by atoms with Crippen LogP contribution in [0, 0.1) is 19.8 Å². The Morgan fingerprint density at radius 2 is 1.89 bits per heavy atom. The van der Waals surface area contributed by atoms with E-state index in [1.807, 2.05) is 20.8 Å². The van der Waals surface area contributed by atoms with E-state index in [-0.39, 0.29) is 24.1 Å². The molecule has 1 amide bonds. The van der Waals surface area contributed by atoms with Gasteiger partial charge in [0.25, 0.3) is 0 Å². The lowest BCUT2D eigenvalue weighted by atomic mass is 10.1. The van der Waals surface area contributed by atoms with Crippen molar-refractivity contribution in [2.75, 3.05) is 0 Å². The SMILES string of the molecule is Cc1nn(CC(=O)NC(C)C(C)C)c(C)c1C(=O)O. The predicted octanol–water partition coefficient (Wildman–Crippen LogP) is 1.36. The van der Waals surface area contributed by atoms with Crippen LogP contribution in [0.25, 0.3) is 0 Å². The summed E-state index contributed by atoms with van der Waals surface area (Å²) in [5.74, 6) is -0.833. The summed E-state index contributed by atoms with van der Waals surface area (Å²) >= 11 is 0. The van der Waals surface area contributed by atoms with Gasteiger partial charge < -0.3 is 10.4 Å². The molecule has 1 aromatic rings. The standard InChI is InChI=1S/C13H21N3O3/c1-7(2)8(3)14-11(17)6-16-10(5)12(13(18)19)9(4)15-16/h7-8H,6H2,1-5H3,(H,14,17)(H,18,19). The zero-order chi connectivity index (χ0) is 14.7. The highest BCUT2D eigenvalue weighted by atomic mass is 16.4. The molecule has 2 N–H and O–H groups in total. The van der Waals surface area contributed by atoms with Crippen molar-refractivity contribution in [1.29, 1.82) is 0 Å². The minimum atomic E-state index is -1.02. The van der Waals surface area contributed by atoms with Gasteiger partial charge in [-0.1, -0.05) is 13.8 Å². The van der Waals surface area contributed by atoms with Crippen LogP contribution in [0.5, 0.6) is 0 Å². The second-order valence-corrected chi connectivity index (χ2v) is 5.11. The van der Waals surface area contributed by atoms with Gasteiger partial charge in [0.05, 0.1) is 11.4 Å². The monoisotopic (exact) mass is 267 g/mol. The van der Waals surface area contributed by atoms with Gasteiger partial charge in [-0.15, -0.1) is 0 Å². The first-order valence-electron chi connectivity index (χ1n) is 6.30. The number of hydrogen-bond acceptors (Lipinski definition) is 3. The molecule has 6 nitrogen and oxygen atoms in total. The summed E-state index contributed by atoms with van der Waals surface area (Å²) in [5.41, 5.74) is 1.09. The van der Waals surface area contributed by atoms with Crippen LogP contribution < -0.4 is 5.32 Å². The van der Waals surface area contributed by atoms with Gasteiger partial charge in [0.15, 0.2) is 0 Å². The molecule has 1 rings (SSSR count). The first-order chi connectivity index (χ1) is 8.73. The van der Waals surface area contributed by atoms with Crippen LogP contribution in [0.3, 0.4) is 0 Å². The molecule has 0 saturated heterocycles. The van der Waals surface area contributed by atoms with Crippen LogP contribution in [0.4, 0.5) is 0 Å². The third-order valence-electron chi connectivity index (χ3n) is 3.28. The Labute approximate surface area is 112 Å². The van der Waals surface area contributed by atoms with Crippen LogP contribution >= 0.6 is 0 Å². The first kappa shape index (κ1) is 15.2. The zero-order valence-electron chi connectivity index (χ0n) is 12.0. The number of aryl methyl sites for hydroxylation is 1. The van der Waals surface area contributed by atoms with E-state index >= 15 is 0 Å². The average molecular weight is 267 g/mol. The highest BCUT2D eigenvalue weighted by Crippen LogP contribution is 2.12. The van der Waals surface area contributed by atoms with E-state index in [0.29, 0.717) is 17.3 Å². The molecule has 106 valence electrons. The number of carboxylic acid groups (broad SMARTS) is 1. The van der Waals surface area contributed by atoms with E-state index in [0.717, 1.165) is 0 Å². The van der Waals surface area contributed by atoms with Crippen molar-refractivity contribution in [2.24, 2.45) is 5.92 Å². The molecule has 1 unspecified atom stereocenters. The number of hydrogen-bond donors (Lipinski definition) is 2. The second-order valence-electron chi connectivity index (χ2n) is 5.11. The van der Waals surface area contributed by atoms with E-state index in [9.17, 15) is 9.59 Å². The maximum atomic E-state index is 11.9. The van der Waals surface area contributed by atoms with Gasteiger partial charge in [-0.3, -0.25) is 9.48 Å². The van der Waals surface area contributed by atoms with Crippen molar-refractivity contribution in [1.82, 2.24) is 15.1 Å². The maximum Gasteiger partial charge on any atom is 0.339 e. The number of carbonyl (C=O) groups is 2. The molecule has 0 aromatic carbocycles. The van der Waals surface area contributed by atoms with Crippen LogP contribution in [0.1, 0.15) is 42.5 Å². The van der Waals surface area contributed by atoms with Gasteiger partial charge in [0.2, 0.25) is 5.91 Å². The molecule has 0 spiro atoms. The lowest BCUT2D eigenvalue weighted by molar-refractivity contribution is -0.122. The average Bonchev–Trinajstić information content (AvgIpc) is 2.53. The molecule has 0 saturated carbocycles. The van der Waals surface area contributed by atoms with Crippen LogP contribution in [0.15, 0.2) is 0 Å². The Morgan fingerprint density at radius 1 is 1.32 bits per heavy atom. The fraction of sp³-hybridized carbons (Fsp3) is 0.615. The number of amides is 1. The molecule has 1 atom stereocenters. The van der Waals surface area contributed by atoms with Crippen LogP contribution in [-0.4, -0.2) is 32.8 Å². The number of rotatable bonds is 5. The minimum Gasteiger partial charge on any atom is -0.478 e. The van der Waals surface area contributed by atoms with E-state index in [2.05, 4.69) is 10.4 Å². The number of nitrogens with one attached hydrogen (secondary N) is 1. The third-order valence-corrected chi connectivity index (χ3v) is 3.28. The molecule has 19 heavy (non-hydrogen) atoms. The third kappa shape index (κ3) is 3.56. The fourth-order valence-corrected chi connectivity index (χ4v) is 1.76. The maximum absolute atomic E-state index is 11.9. The summed E-state index contributed by atoms with van der Waals surface area (Å²) in [6, 6.07) is 0.0726. The van der Waals surface area contributed by atoms with Crippen molar-refractivity contribution in [3.8, 4) is 0 Å². The molecule has 0 fully saturated rings. The topological polar surface area (TPSA) is 84.2 Å². The minimum absolute atomic E-state index is 0.0387. The number of aromatic carboxylic acids is 1. The molecule has 0 aliphatic rings. The Bertz CT molecular complexity index is 492. The van der Waals surface area contributed by atoms with Crippen molar-refractivity contribution in [3.63, 3.8) is 0 Å². The number of aromatic nitrogens is 2. The summed E-state index contributed by atoms with van der Waals surface area (Å²) in [6.45, 7) is 9.31. The zero-order valence-corrected chi connectivity index (χ0v) is 12.0. The van der Waals surface area contributed by atoms with Crippen molar-refractivity contribution in [2.45, 2.75) is 47.2 Å². The second kappa shape index (κ2) is 5.86.